The molecule has 0 fully saturated rings. The Morgan fingerprint density at radius 1 is 1.44 bits per heavy atom. The highest BCUT2D eigenvalue weighted by atomic mass is 16.5. The van der Waals surface area contributed by atoms with Gasteiger partial charge in [-0.1, -0.05) is 17.7 Å². The second kappa shape index (κ2) is 4.08. The van der Waals surface area contributed by atoms with Gasteiger partial charge >= 0.3 is 5.97 Å². The summed E-state index contributed by atoms with van der Waals surface area (Å²) in [6.45, 7) is 1.94. The summed E-state index contributed by atoms with van der Waals surface area (Å²) in [4.78, 5) is 23.5. The largest absolute Gasteiger partial charge is 0.468 e. The van der Waals surface area contributed by atoms with Gasteiger partial charge in [0.1, 0.15) is 5.92 Å². The molecule has 84 valence electrons. The molecule has 0 saturated heterocycles. The molecule has 1 aliphatic rings. The van der Waals surface area contributed by atoms with E-state index in [9.17, 15) is 9.59 Å². The van der Waals surface area contributed by atoms with Crippen LogP contribution in [0.15, 0.2) is 18.2 Å². The predicted octanol–water partition coefficient (Wildman–Crippen LogP) is 1.91. The number of Topliss-reactive ketones (excluding diaryl/α,β-unsaturated/α-hetero) is 1. The number of benzene rings is 1. The number of hydrogen-bond donors (Lipinski definition) is 0. The molecule has 3 nitrogen and oxygen atoms in total. The Labute approximate surface area is 94.4 Å². The molecule has 0 bridgehead atoms. The molecule has 2 rings (SSSR count). The van der Waals surface area contributed by atoms with E-state index in [2.05, 4.69) is 4.74 Å². The fraction of sp³-hybridized carbons (Fsp3) is 0.385. The second-order valence-corrected chi connectivity index (χ2v) is 4.14. The Hall–Kier alpha value is -1.64. The molecule has 1 aromatic rings. The summed E-state index contributed by atoms with van der Waals surface area (Å²) >= 11 is 0. The molecule has 0 radical (unpaired) electrons. The molecule has 1 aromatic carbocycles. The summed E-state index contributed by atoms with van der Waals surface area (Å²) in [5, 5.41) is 0. The number of carbonyl (C=O) groups excluding carboxylic acids is 2. The maximum absolute atomic E-state index is 12.1. The molecule has 3 heteroatoms. The van der Waals surface area contributed by atoms with Crippen LogP contribution in [0.1, 0.15) is 27.9 Å². The molecule has 1 atom stereocenters. The number of ketones is 1. The zero-order chi connectivity index (χ0) is 11.7. The van der Waals surface area contributed by atoms with Gasteiger partial charge < -0.3 is 4.74 Å². The highest BCUT2D eigenvalue weighted by Gasteiger charge is 2.33. The van der Waals surface area contributed by atoms with Gasteiger partial charge in [-0.15, -0.1) is 0 Å². The lowest BCUT2D eigenvalue weighted by Crippen LogP contribution is -2.30. The van der Waals surface area contributed by atoms with Gasteiger partial charge in [-0.3, -0.25) is 9.59 Å². The fourth-order valence-corrected chi connectivity index (χ4v) is 2.12. The molecule has 16 heavy (non-hydrogen) atoms. The monoisotopic (exact) mass is 218 g/mol. The van der Waals surface area contributed by atoms with E-state index < -0.39 is 11.9 Å². The lowest BCUT2D eigenvalue weighted by molar-refractivity contribution is -0.143. The third-order valence-electron chi connectivity index (χ3n) is 3.04. The van der Waals surface area contributed by atoms with Gasteiger partial charge in [0.05, 0.1) is 7.11 Å². The van der Waals surface area contributed by atoms with Gasteiger partial charge in [0.15, 0.2) is 5.78 Å². The van der Waals surface area contributed by atoms with Crippen LogP contribution in [0.5, 0.6) is 0 Å². The maximum Gasteiger partial charge on any atom is 0.316 e. The summed E-state index contributed by atoms with van der Waals surface area (Å²) in [6, 6.07) is 5.81. The van der Waals surface area contributed by atoms with Crippen LogP contribution in [-0.4, -0.2) is 18.9 Å². The first kappa shape index (κ1) is 10.9. The Bertz CT molecular complexity index is 448. The molecule has 0 N–H and O–H groups in total. The van der Waals surface area contributed by atoms with E-state index in [1.54, 1.807) is 0 Å². The number of esters is 1. The van der Waals surface area contributed by atoms with Gasteiger partial charge in [0.2, 0.25) is 0 Å². The van der Waals surface area contributed by atoms with E-state index in [-0.39, 0.29) is 5.78 Å². The Morgan fingerprint density at radius 3 is 2.88 bits per heavy atom. The third-order valence-corrected chi connectivity index (χ3v) is 3.04. The van der Waals surface area contributed by atoms with Crippen molar-refractivity contribution in [3.63, 3.8) is 0 Å². The van der Waals surface area contributed by atoms with Crippen molar-refractivity contribution in [2.24, 2.45) is 5.92 Å². The third kappa shape index (κ3) is 1.73. The van der Waals surface area contributed by atoms with E-state index in [1.165, 1.54) is 7.11 Å². The van der Waals surface area contributed by atoms with Crippen molar-refractivity contribution in [3.8, 4) is 0 Å². The van der Waals surface area contributed by atoms with Crippen molar-refractivity contribution in [1.82, 2.24) is 0 Å². The number of methoxy groups -OCH3 is 1. The molecule has 1 aliphatic carbocycles. The van der Waals surface area contributed by atoms with Crippen molar-refractivity contribution in [2.45, 2.75) is 19.8 Å². The molecule has 0 amide bonds. The van der Waals surface area contributed by atoms with E-state index in [1.807, 2.05) is 25.1 Å². The van der Waals surface area contributed by atoms with Gasteiger partial charge in [-0.2, -0.15) is 0 Å². The number of ether oxygens (including phenoxy) is 1. The van der Waals surface area contributed by atoms with Crippen LogP contribution in [0.2, 0.25) is 0 Å². The van der Waals surface area contributed by atoms with Crippen LogP contribution in [-0.2, 0) is 16.0 Å². The van der Waals surface area contributed by atoms with E-state index >= 15 is 0 Å². The normalized spacial score (nSPS) is 19.1. The minimum absolute atomic E-state index is 0.100. The lowest BCUT2D eigenvalue weighted by Gasteiger charge is -2.21. The number of carbonyl (C=O) groups is 2. The minimum Gasteiger partial charge on any atom is -0.468 e. The number of hydrogen-bond acceptors (Lipinski definition) is 3. The van der Waals surface area contributed by atoms with Gasteiger partial charge in [-0.25, -0.2) is 0 Å². The average molecular weight is 218 g/mol. The smallest absolute Gasteiger partial charge is 0.316 e. The van der Waals surface area contributed by atoms with E-state index in [0.29, 0.717) is 12.0 Å². The first-order valence-corrected chi connectivity index (χ1v) is 5.35. The summed E-state index contributed by atoms with van der Waals surface area (Å²) in [5.74, 6) is -1.13. The zero-order valence-electron chi connectivity index (χ0n) is 9.45. The first-order chi connectivity index (χ1) is 7.63. The molecular formula is C13H14O3. The minimum atomic E-state index is -0.612. The lowest BCUT2D eigenvalue weighted by atomic mass is 9.82. The predicted molar refractivity (Wildman–Crippen MR) is 59.3 cm³/mol. The van der Waals surface area contributed by atoms with Gasteiger partial charge in [-0.05, 0) is 31.4 Å². The number of fused-ring (bicyclic) bond motifs is 1. The van der Waals surface area contributed by atoms with Gasteiger partial charge in [0.25, 0.3) is 0 Å². The SMILES string of the molecule is COC(=O)C1CCc2ccc(C)cc2C1=O. The average Bonchev–Trinajstić information content (AvgIpc) is 2.29. The molecule has 0 spiro atoms. The van der Waals surface area contributed by atoms with Crippen molar-refractivity contribution < 1.29 is 14.3 Å². The second-order valence-electron chi connectivity index (χ2n) is 4.14. The summed E-state index contributed by atoms with van der Waals surface area (Å²) in [7, 11) is 1.32. The van der Waals surface area contributed by atoms with E-state index in [0.717, 1.165) is 17.5 Å². The topological polar surface area (TPSA) is 43.4 Å². The van der Waals surface area contributed by atoms with Crippen molar-refractivity contribution >= 4 is 11.8 Å². The number of aryl methyl sites for hydroxylation is 2. The summed E-state index contributed by atoms with van der Waals surface area (Å²) in [6.07, 6.45) is 1.32. The zero-order valence-corrected chi connectivity index (χ0v) is 9.45. The molecule has 0 aliphatic heterocycles. The van der Waals surface area contributed by atoms with E-state index in [4.69, 9.17) is 0 Å². The van der Waals surface area contributed by atoms with Crippen LogP contribution in [0, 0.1) is 12.8 Å². The first-order valence-electron chi connectivity index (χ1n) is 5.35. The van der Waals surface area contributed by atoms with Crippen LogP contribution in [0.25, 0.3) is 0 Å². The Morgan fingerprint density at radius 2 is 2.19 bits per heavy atom. The molecule has 0 aromatic heterocycles. The molecule has 0 heterocycles. The van der Waals surface area contributed by atoms with Crippen LogP contribution in [0.4, 0.5) is 0 Å². The molecule has 1 unspecified atom stereocenters. The highest BCUT2D eigenvalue weighted by molar-refractivity contribution is 6.10. The molecular weight excluding hydrogens is 204 g/mol. The van der Waals surface area contributed by atoms with Crippen molar-refractivity contribution in [2.75, 3.05) is 7.11 Å². The van der Waals surface area contributed by atoms with Gasteiger partial charge in [0, 0.05) is 5.56 Å². The molecule has 0 saturated carbocycles. The fourth-order valence-electron chi connectivity index (χ4n) is 2.12. The summed E-state index contributed by atoms with van der Waals surface area (Å²) in [5.41, 5.74) is 2.76. The maximum atomic E-state index is 12.1. The Balaban J connectivity index is 2.38. The van der Waals surface area contributed by atoms with Crippen molar-refractivity contribution in [3.05, 3.63) is 34.9 Å². The van der Waals surface area contributed by atoms with Crippen LogP contribution < -0.4 is 0 Å². The highest BCUT2D eigenvalue weighted by Crippen LogP contribution is 2.27. The van der Waals surface area contributed by atoms with Crippen LogP contribution in [0.3, 0.4) is 0 Å². The van der Waals surface area contributed by atoms with Crippen LogP contribution >= 0.6 is 0 Å². The quantitative estimate of drug-likeness (QED) is 0.534. The standard InChI is InChI=1S/C13H14O3/c1-8-3-4-9-5-6-10(13(15)16-2)12(14)11(9)7-8/h3-4,7,10H,5-6H2,1-2H3. The Kier molecular flexibility index (Phi) is 2.77. The number of rotatable bonds is 1. The van der Waals surface area contributed by atoms with Crippen molar-refractivity contribution in [1.29, 1.82) is 0 Å². The summed E-state index contributed by atoms with van der Waals surface area (Å²) < 4.78 is 4.65.